The molecule has 0 radical (unpaired) electrons. The minimum atomic E-state index is -3.91. The maximum atomic E-state index is 13.5. The Kier molecular flexibility index (Phi) is 5.80. The fourth-order valence-electron chi connectivity index (χ4n) is 3.72. The molecule has 3 aromatic carbocycles. The predicted octanol–water partition coefficient (Wildman–Crippen LogP) is 3.76. The molecule has 3 aromatic rings. The van der Waals surface area contributed by atoms with Gasteiger partial charge in [0.2, 0.25) is 15.9 Å². The molecule has 0 spiro atoms. The predicted molar refractivity (Wildman–Crippen MR) is 119 cm³/mol. The molecular weight excluding hydrogens is 412 g/mol. The molecule has 0 aliphatic carbocycles. The van der Waals surface area contributed by atoms with Gasteiger partial charge in [0.1, 0.15) is 11.8 Å². The molecule has 1 N–H and O–H groups in total. The molecular formula is C24H24N2O4S. The number of nitrogens with one attached hydrogen (secondary N) is 1. The van der Waals surface area contributed by atoms with Crippen molar-refractivity contribution >= 4 is 21.6 Å². The van der Waals surface area contributed by atoms with Gasteiger partial charge in [-0.15, -0.1) is 0 Å². The van der Waals surface area contributed by atoms with E-state index < -0.39 is 16.1 Å². The molecule has 0 aromatic heterocycles. The van der Waals surface area contributed by atoms with Crippen LogP contribution in [-0.4, -0.2) is 31.8 Å². The first-order valence-electron chi connectivity index (χ1n) is 9.99. The van der Waals surface area contributed by atoms with Crippen LogP contribution in [0.2, 0.25) is 0 Å². The molecule has 1 heterocycles. The fraction of sp³-hybridized carbons (Fsp3) is 0.208. The van der Waals surface area contributed by atoms with Gasteiger partial charge < -0.3 is 10.1 Å². The summed E-state index contributed by atoms with van der Waals surface area (Å²) in [6, 6.07) is 20.4. The number of rotatable bonds is 5. The first kappa shape index (κ1) is 21.1. The molecule has 7 heteroatoms. The second kappa shape index (κ2) is 8.53. The quantitative estimate of drug-likeness (QED) is 0.661. The maximum Gasteiger partial charge on any atom is 0.244 e. The molecule has 0 saturated carbocycles. The van der Waals surface area contributed by atoms with Crippen molar-refractivity contribution in [2.75, 3.05) is 12.4 Å². The summed E-state index contributed by atoms with van der Waals surface area (Å²) in [4.78, 5) is 13.3. The van der Waals surface area contributed by atoms with Crippen LogP contribution in [-0.2, 0) is 27.8 Å². The van der Waals surface area contributed by atoms with Gasteiger partial charge in [-0.2, -0.15) is 4.31 Å². The van der Waals surface area contributed by atoms with Crippen LogP contribution in [0, 0.1) is 6.92 Å². The maximum absolute atomic E-state index is 13.5. The molecule has 6 nitrogen and oxygen atoms in total. The minimum Gasteiger partial charge on any atom is -0.497 e. The molecule has 0 saturated heterocycles. The number of anilines is 1. The smallest absolute Gasteiger partial charge is 0.244 e. The molecule has 0 unspecified atom stereocenters. The number of methoxy groups -OCH3 is 1. The number of hydrogen-bond donors (Lipinski definition) is 1. The number of nitrogens with zero attached hydrogens (tertiary/aromatic N) is 1. The average molecular weight is 437 g/mol. The second-order valence-electron chi connectivity index (χ2n) is 7.57. The van der Waals surface area contributed by atoms with E-state index in [0.717, 1.165) is 16.7 Å². The van der Waals surface area contributed by atoms with E-state index in [1.807, 2.05) is 55.5 Å². The van der Waals surface area contributed by atoms with E-state index in [2.05, 4.69) is 5.32 Å². The number of fused-ring (bicyclic) bond motifs is 1. The highest BCUT2D eigenvalue weighted by atomic mass is 32.2. The van der Waals surface area contributed by atoms with Crippen molar-refractivity contribution in [3.8, 4) is 5.75 Å². The summed E-state index contributed by atoms with van der Waals surface area (Å²) in [6.45, 7) is 2.10. The summed E-state index contributed by atoms with van der Waals surface area (Å²) in [7, 11) is -2.38. The average Bonchev–Trinajstić information content (AvgIpc) is 2.79. The number of sulfonamides is 1. The van der Waals surface area contributed by atoms with Gasteiger partial charge in [-0.25, -0.2) is 8.42 Å². The first-order valence-corrected chi connectivity index (χ1v) is 11.4. The molecule has 160 valence electrons. The Balaban J connectivity index is 1.69. The second-order valence-corrected chi connectivity index (χ2v) is 9.46. The van der Waals surface area contributed by atoms with E-state index in [1.54, 1.807) is 12.1 Å². The summed E-state index contributed by atoms with van der Waals surface area (Å²) in [5.74, 6) is 0.215. The highest BCUT2D eigenvalue weighted by Crippen LogP contribution is 2.30. The molecule has 31 heavy (non-hydrogen) atoms. The summed E-state index contributed by atoms with van der Waals surface area (Å²) in [5.41, 5.74) is 3.59. The van der Waals surface area contributed by atoms with Gasteiger partial charge >= 0.3 is 0 Å². The number of hydrogen-bond acceptors (Lipinski definition) is 4. The van der Waals surface area contributed by atoms with Gasteiger partial charge in [-0.1, -0.05) is 42.0 Å². The normalized spacial score (nSPS) is 16.4. The van der Waals surface area contributed by atoms with Crippen molar-refractivity contribution in [1.29, 1.82) is 0 Å². The fourth-order valence-corrected chi connectivity index (χ4v) is 5.29. The van der Waals surface area contributed by atoms with Gasteiger partial charge in [-0.05, 0) is 60.9 Å². The summed E-state index contributed by atoms with van der Waals surface area (Å²) in [6.07, 6.45) is 0.309. The van der Waals surface area contributed by atoms with E-state index in [0.29, 0.717) is 17.9 Å². The monoisotopic (exact) mass is 436 g/mol. The van der Waals surface area contributed by atoms with Crippen molar-refractivity contribution in [2.45, 2.75) is 30.8 Å². The van der Waals surface area contributed by atoms with Gasteiger partial charge in [0.25, 0.3) is 0 Å². The van der Waals surface area contributed by atoms with Crippen molar-refractivity contribution in [2.24, 2.45) is 0 Å². The zero-order chi connectivity index (χ0) is 22.0. The van der Waals surface area contributed by atoms with Gasteiger partial charge in [0, 0.05) is 12.2 Å². The molecule has 1 atom stereocenters. The van der Waals surface area contributed by atoms with E-state index in [-0.39, 0.29) is 17.3 Å². The van der Waals surface area contributed by atoms with E-state index in [4.69, 9.17) is 4.74 Å². The van der Waals surface area contributed by atoms with Crippen LogP contribution in [0.4, 0.5) is 5.69 Å². The third-order valence-electron chi connectivity index (χ3n) is 5.49. The highest BCUT2D eigenvalue weighted by Gasteiger charge is 2.39. The summed E-state index contributed by atoms with van der Waals surface area (Å²) < 4.78 is 33.5. The zero-order valence-corrected chi connectivity index (χ0v) is 18.2. The molecule has 1 aliphatic rings. The number of ether oxygens (including phenoxy) is 1. The van der Waals surface area contributed by atoms with Crippen molar-refractivity contribution in [1.82, 2.24) is 4.31 Å². The molecule has 1 aliphatic heterocycles. The Hall–Kier alpha value is -3.16. The number of benzene rings is 3. The lowest BCUT2D eigenvalue weighted by atomic mass is 9.95. The van der Waals surface area contributed by atoms with Gasteiger partial charge in [0.05, 0.1) is 12.0 Å². The molecule has 1 amide bonds. The lowest BCUT2D eigenvalue weighted by molar-refractivity contribution is -0.120. The van der Waals surface area contributed by atoms with Crippen LogP contribution in [0.1, 0.15) is 16.7 Å². The van der Waals surface area contributed by atoms with Crippen LogP contribution in [0.15, 0.2) is 77.7 Å². The minimum absolute atomic E-state index is 0.126. The third-order valence-corrected chi connectivity index (χ3v) is 7.36. The Labute approximate surface area is 182 Å². The van der Waals surface area contributed by atoms with E-state index >= 15 is 0 Å². The SMILES string of the molecule is COc1ccc(S(=O)(=O)N2Cc3ccccc3C[C@@H]2C(=O)Nc2ccc(C)cc2)cc1. The third kappa shape index (κ3) is 4.33. The highest BCUT2D eigenvalue weighted by molar-refractivity contribution is 7.89. The zero-order valence-electron chi connectivity index (χ0n) is 17.4. The van der Waals surface area contributed by atoms with E-state index in [1.165, 1.54) is 23.5 Å². The Morgan fingerprint density at radius 1 is 0.968 bits per heavy atom. The van der Waals surface area contributed by atoms with Gasteiger partial charge in [0.15, 0.2) is 0 Å². The van der Waals surface area contributed by atoms with Crippen molar-refractivity contribution < 1.29 is 17.9 Å². The van der Waals surface area contributed by atoms with Crippen molar-refractivity contribution in [3.05, 3.63) is 89.5 Å². The lowest BCUT2D eigenvalue weighted by Crippen LogP contribution is -2.50. The number of carbonyl (C=O) groups is 1. The summed E-state index contributed by atoms with van der Waals surface area (Å²) >= 11 is 0. The molecule has 0 bridgehead atoms. The Bertz CT molecular complexity index is 1190. The number of amides is 1. The first-order chi connectivity index (χ1) is 14.9. The number of carbonyl (C=O) groups excluding carboxylic acids is 1. The van der Waals surface area contributed by atoms with Crippen LogP contribution < -0.4 is 10.1 Å². The Morgan fingerprint density at radius 3 is 2.26 bits per heavy atom. The lowest BCUT2D eigenvalue weighted by Gasteiger charge is -2.35. The topological polar surface area (TPSA) is 75.7 Å². The van der Waals surface area contributed by atoms with Crippen LogP contribution >= 0.6 is 0 Å². The van der Waals surface area contributed by atoms with Crippen LogP contribution in [0.25, 0.3) is 0 Å². The Morgan fingerprint density at radius 2 is 1.61 bits per heavy atom. The van der Waals surface area contributed by atoms with Crippen LogP contribution in [0.3, 0.4) is 0 Å². The van der Waals surface area contributed by atoms with Gasteiger partial charge in [-0.3, -0.25) is 4.79 Å². The summed E-state index contributed by atoms with van der Waals surface area (Å²) in [5, 5.41) is 2.88. The van der Waals surface area contributed by atoms with E-state index in [9.17, 15) is 13.2 Å². The largest absolute Gasteiger partial charge is 0.497 e. The van der Waals surface area contributed by atoms with Crippen LogP contribution in [0.5, 0.6) is 5.75 Å². The number of aryl methyl sites for hydroxylation is 1. The standard InChI is InChI=1S/C24H24N2O4S/c1-17-7-9-20(10-8-17)25-24(27)23-15-18-5-3-4-6-19(18)16-26(23)31(28,29)22-13-11-21(30-2)12-14-22/h3-14,23H,15-16H2,1-2H3,(H,25,27)/t23-/m1/s1. The molecule has 4 rings (SSSR count). The molecule has 0 fully saturated rings. The van der Waals surface area contributed by atoms with Crippen molar-refractivity contribution in [3.63, 3.8) is 0 Å².